The molecule has 0 saturated carbocycles. The Morgan fingerprint density at radius 2 is 2.33 bits per heavy atom. The van der Waals surface area contributed by atoms with Crippen LogP contribution in [0.15, 0.2) is 0 Å². The molecular formula is C9H16O3. The molecule has 0 radical (unpaired) electrons. The summed E-state index contributed by atoms with van der Waals surface area (Å²) in [6, 6.07) is 0. The number of Topliss-reactive ketones (excluding diaryl/α,β-unsaturated/α-hetero) is 1. The number of carbonyl (C=O) groups excluding carboxylic acids is 1. The summed E-state index contributed by atoms with van der Waals surface area (Å²) in [6.45, 7) is 3.96. The third-order valence-electron chi connectivity index (χ3n) is 2.50. The molecule has 0 spiro atoms. The van der Waals surface area contributed by atoms with Gasteiger partial charge in [-0.05, 0) is 19.8 Å². The van der Waals surface area contributed by atoms with Crippen LogP contribution in [-0.2, 0) is 9.53 Å². The second-order valence-electron chi connectivity index (χ2n) is 3.44. The molecule has 1 N–H and O–H groups in total. The molecule has 0 aliphatic carbocycles. The van der Waals surface area contributed by atoms with E-state index in [0.29, 0.717) is 6.61 Å². The monoisotopic (exact) mass is 172 g/mol. The predicted octanol–water partition coefficient (Wildman–Crippen LogP) is 0.751. The zero-order valence-electron chi connectivity index (χ0n) is 7.62. The fourth-order valence-corrected chi connectivity index (χ4v) is 1.43. The topological polar surface area (TPSA) is 46.5 Å². The van der Waals surface area contributed by atoms with Crippen LogP contribution in [0.5, 0.6) is 0 Å². The molecule has 1 heterocycles. The van der Waals surface area contributed by atoms with Gasteiger partial charge in [-0.3, -0.25) is 4.79 Å². The van der Waals surface area contributed by atoms with Gasteiger partial charge in [0.05, 0.1) is 12.2 Å². The van der Waals surface area contributed by atoms with E-state index in [1.807, 2.05) is 0 Å². The first-order valence-corrected chi connectivity index (χ1v) is 4.43. The van der Waals surface area contributed by atoms with Crippen LogP contribution in [0, 0.1) is 5.92 Å². The second-order valence-corrected chi connectivity index (χ2v) is 3.44. The Balaban J connectivity index is 2.44. The van der Waals surface area contributed by atoms with Crippen LogP contribution >= 0.6 is 0 Å². The zero-order chi connectivity index (χ0) is 9.14. The highest BCUT2D eigenvalue weighted by Gasteiger charge is 2.30. The molecule has 1 fully saturated rings. The van der Waals surface area contributed by atoms with E-state index >= 15 is 0 Å². The summed E-state index contributed by atoms with van der Waals surface area (Å²) in [5.41, 5.74) is 0. The van der Waals surface area contributed by atoms with Crippen LogP contribution in [0.1, 0.15) is 26.7 Å². The van der Waals surface area contributed by atoms with Crippen molar-refractivity contribution < 1.29 is 14.6 Å². The van der Waals surface area contributed by atoms with Crippen molar-refractivity contribution in [3.63, 3.8) is 0 Å². The lowest BCUT2D eigenvalue weighted by Gasteiger charge is -2.21. The number of aliphatic hydroxyl groups excluding tert-OH is 1. The molecule has 1 rings (SSSR count). The lowest BCUT2D eigenvalue weighted by molar-refractivity contribution is -0.127. The SMILES string of the molecule is CC(=O)[C@@H](C)[C@H](O)C1CCCO1. The van der Waals surface area contributed by atoms with Crippen molar-refractivity contribution >= 4 is 5.78 Å². The van der Waals surface area contributed by atoms with Gasteiger partial charge in [0, 0.05) is 12.5 Å². The number of hydrogen-bond donors (Lipinski definition) is 1. The molecule has 1 aliphatic heterocycles. The Kier molecular flexibility index (Phi) is 3.23. The van der Waals surface area contributed by atoms with Gasteiger partial charge in [0.25, 0.3) is 0 Å². The fourth-order valence-electron chi connectivity index (χ4n) is 1.43. The molecule has 1 aliphatic rings. The Bertz CT molecular complexity index is 161. The Morgan fingerprint density at radius 1 is 1.67 bits per heavy atom. The third-order valence-corrected chi connectivity index (χ3v) is 2.50. The molecule has 12 heavy (non-hydrogen) atoms. The van der Waals surface area contributed by atoms with Crippen LogP contribution in [0.2, 0.25) is 0 Å². The first kappa shape index (κ1) is 9.68. The maximum absolute atomic E-state index is 10.9. The smallest absolute Gasteiger partial charge is 0.135 e. The van der Waals surface area contributed by atoms with Crippen LogP contribution in [0.4, 0.5) is 0 Å². The minimum absolute atomic E-state index is 0.0259. The maximum Gasteiger partial charge on any atom is 0.135 e. The van der Waals surface area contributed by atoms with E-state index in [4.69, 9.17) is 4.74 Å². The highest BCUT2D eigenvalue weighted by Crippen LogP contribution is 2.20. The van der Waals surface area contributed by atoms with Gasteiger partial charge >= 0.3 is 0 Å². The minimum Gasteiger partial charge on any atom is -0.390 e. The van der Waals surface area contributed by atoms with Gasteiger partial charge in [-0.25, -0.2) is 0 Å². The van der Waals surface area contributed by atoms with Gasteiger partial charge in [0.15, 0.2) is 0 Å². The van der Waals surface area contributed by atoms with E-state index in [2.05, 4.69) is 0 Å². The van der Waals surface area contributed by atoms with Crippen molar-refractivity contribution in [3.05, 3.63) is 0 Å². The maximum atomic E-state index is 10.9. The van der Waals surface area contributed by atoms with Gasteiger partial charge < -0.3 is 9.84 Å². The molecule has 1 saturated heterocycles. The van der Waals surface area contributed by atoms with E-state index < -0.39 is 6.10 Å². The summed E-state index contributed by atoms with van der Waals surface area (Å²) >= 11 is 0. The summed E-state index contributed by atoms with van der Waals surface area (Å²) < 4.78 is 5.28. The molecule has 3 atom stereocenters. The first-order valence-electron chi connectivity index (χ1n) is 4.43. The number of hydrogen-bond acceptors (Lipinski definition) is 3. The standard InChI is InChI=1S/C9H16O3/c1-6(7(2)10)9(11)8-4-3-5-12-8/h6,8-9,11H,3-5H2,1-2H3/t6-,8?,9+/m1/s1. The quantitative estimate of drug-likeness (QED) is 0.683. The number of carbonyl (C=O) groups is 1. The molecule has 0 aromatic rings. The minimum atomic E-state index is -0.620. The van der Waals surface area contributed by atoms with Crippen molar-refractivity contribution in [2.24, 2.45) is 5.92 Å². The highest BCUT2D eigenvalue weighted by molar-refractivity contribution is 5.78. The molecule has 0 amide bonds. The molecule has 3 heteroatoms. The van der Waals surface area contributed by atoms with E-state index in [-0.39, 0.29) is 17.8 Å². The van der Waals surface area contributed by atoms with Crippen molar-refractivity contribution in [2.75, 3.05) is 6.61 Å². The van der Waals surface area contributed by atoms with Crippen molar-refractivity contribution in [2.45, 2.75) is 38.9 Å². The molecule has 3 nitrogen and oxygen atoms in total. The first-order chi connectivity index (χ1) is 5.63. The average Bonchev–Trinajstić information content (AvgIpc) is 2.53. The Labute approximate surface area is 72.7 Å². The van der Waals surface area contributed by atoms with E-state index in [0.717, 1.165) is 12.8 Å². The molecule has 0 aromatic carbocycles. The summed E-state index contributed by atoms with van der Waals surface area (Å²) in [5.74, 6) is -0.272. The molecule has 70 valence electrons. The van der Waals surface area contributed by atoms with Crippen molar-refractivity contribution in [1.29, 1.82) is 0 Å². The number of ketones is 1. The van der Waals surface area contributed by atoms with Gasteiger partial charge in [-0.1, -0.05) is 6.92 Å². The van der Waals surface area contributed by atoms with Gasteiger partial charge in [-0.15, -0.1) is 0 Å². The molecule has 0 aromatic heterocycles. The van der Waals surface area contributed by atoms with Crippen molar-refractivity contribution in [1.82, 2.24) is 0 Å². The van der Waals surface area contributed by atoms with E-state index in [1.165, 1.54) is 6.92 Å². The van der Waals surface area contributed by atoms with E-state index in [9.17, 15) is 9.90 Å². The molecular weight excluding hydrogens is 156 g/mol. The number of aliphatic hydroxyl groups is 1. The predicted molar refractivity (Wildman–Crippen MR) is 44.8 cm³/mol. The summed E-state index contributed by atoms with van der Waals surface area (Å²) in [4.78, 5) is 10.9. The Morgan fingerprint density at radius 3 is 2.75 bits per heavy atom. The van der Waals surface area contributed by atoms with Gasteiger partial charge in [-0.2, -0.15) is 0 Å². The van der Waals surface area contributed by atoms with Crippen LogP contribution in [0.25, 0.3) is 0 Å². The lowest BCUT2D eigenvalue weighted by atomic mass is 9.95. The van der Waals surface area contributed by atoms with Crippen LogP contribution in [0.3, 0.4) is 0 Å². The van der Waals surface area contributed by atoms with E-state index in [1.54, 1.807) is 6.92 Å². The number of rotatable bonds is 3. The average molecular weight is 172 g/mol. The normalized spacial score (nSPS) is 28.4. The summed E-state index contributed by atoms with van der Waals surface area (Å²) in [6.07, 6.45) is 1.12. The number of ether oxygens (including phenoxy) is 1. The fraction of sp³-hybridized carbons (Fsp3) is 0.889. The van der Waals surface area contributed by atoms with Crippen LogP contribution < -0.4 is 0 Å². The Hall–Kier alpha value is -0.410. The van der Waals surface area contributed by atoms with Gasteiger partial charge in [0.1, 0.15) is 5.78 Å². The molecule has 0 bridgehead atoms. The third kappa shape index (κ3) is 2.05. The lowest BCUT2D eigenvalue weighted by Crippen LogP contribution is -2.34. The van der Waals surface area contributed by atoms with Crippen molar-refractivity contribution in [3.8, 4) is 0 Å². The summed E-state index contributed by atoms with van der Waals surface area (Å²) in [5, 5.41) is 9.64. The second kappa shape index (κ2) is 4.01. The van der Waals surface area contributed by atoms with Crippen LogP contribution in [-0.4, -0.2) is 29.7 Å². The molecule has 1 unspecified atom stereocenters. The largest absolute Gasteiger partial charge is 0.390 e. The zero-order valence-corrected chi connectivity index (χ0v) is 7.62. The van der Waals surface area contributed by atoms with Gasteiger partial charge in [0.2, 0.25) is 0 Å². The summed E-state index contributed by atoms with van der Waals surface area (Å²) in [7, 11) is 0. The highest BCUT2D eigenvalue weighted by atomic mass is 16.5.